The van der Waals surface area contributed by atoms with Gasteiger partial charge in [0, 0.05) is 30.2 Å². The predicted molar refractivity (Wildman–Crippen MR) is 104 cm³/mol. The van der Waals surface area contributed by atoms with Gasteiger partial charge in [0.15, 0.2) is 5.78 Å². The summed E-state index contributed by atoms with van der Waals surface area (Å²) in [5, 5.41) is 0.961. The van der Waals surface area contributed by atoms with Crippen LogP contribution in [0.25, 0.3) is 0 Å². The Morgan fingerprint density at radius 2 is 1.93 bits per heavy atom. The Morgan fingerprint density at radius 1 is 1.14 bits per heavy atom. The van der Waals surface area contributed by atoms with E-state index in [2.05, 4.69) is 14.7 Å². The number of rotatable bonds is 8. The van der Waals surface area contributed by atoms with E-state index in [4.69, 9.17) is 0 Å². The Bertz CT molecular complexity index is 1080. The van der Waals surface area contributed by atoms with Crippen molar-refractivity contribution in [2.24, 2.45) is 0 Å². The number of hydrogen-bond donors (Lipinski definition) is 1. The van der Waals surface area contributed by atoms with Crippen molar-refractivity contribution in [2.45, 2.75) is 31.2 Å². The molecule has 1 aromatic carbocycles. The maximum atomic E-state index is 13.7. The molecule has 1 N–H and O–H groups in total. The second-order valence-electron chi connectivity index (χ2n) is 6.08. The summed E-state index contributed by atoms with van der Waals surface area (Å²) in [4.78, 5) is 21.2. The molecule has 3 aromatic rings. The van der Waals surface area contributed by atoms with Gasteiger partial charge < -0.3 is 0 Å². The van der Waals surface area contributed by atoms with Crippen molar-refractivity contribution in [3.8, 4) is 0 Å². The molecule has 0 unspecified atom stereocenters. The first-order valence-electron chi connectivity index (χ1n) is 8.49. The lowest BCUT2D eigenvalue weighted by Crippen LogP contribution is -2.24. The van der Waals surface area contributed by atoms with Crippen LogP contribution in [0, 0.1) is 12.7 Å². The highest BCUT2D eigenvalue weighted by atomic mass is 32.2. The molecular weight excluding hydrogens is 401 g/mol. The number of hydrogen-bond acceptors (Lipinski definition) is 6. The zero-order valence-electron chi connectivity index (χ0n) is 15.1. The van der Waals surface area contributed by atoms with Gasteiger partial charge in [0.1, 0.15) is 16.4 Å². The maximum absolute atomic E-state index is 13.7. The fourth-order valence-electron chi connectivity index (χ4n) is 2.50. The largest absolute Gasteiger partial charge is 0.292 e. The number of Topliss-reactive ketones (excluding diaryl/α,β-unsaturated/α-hetero) is 1. The molecule has 0 aliphatic heterocycles. The van der Waals surface area contributed by atoms with Crippen LogP contribution in [0.3, 0.4) is 0 Å². The number of aryl methyl sites for hydroxylation is 2. The summed E-state index contributed by atoms with van der Waals surface area (Å²) in [6, 6.07) is 8.34. The molecule has 0 aliphatic rings. The fourth-order valence-corrected chi connectivity index (χ4v) is 4.39. The quantitative estimate of drug-likeness (QED) is 0.566. The highest BCUT2D eigenvalue weighted by Gasteiger charge is 2.18. The molecule has 0 amide bonds. The number of pyridine rings is 1. The van der Waals surface area contributed by atoms with E-state index in [1.165, 1.54) is 24.4 Å². The lowest BCUT2D eigenvalue weighted by Gasteiger charge is -2.08. The third-order valence-electron chi connectivity index (χ3n) is 3.97. The number of halogens is 1. The number of sulfonamides is 1. The fraction of sp³-hybridized carbons (Fsp3) is 0.211. The van der Waals surface area contributed by atoms with E-state index in [1.54, 1.807) is 29.7 Å². The first-order valence-corrected chi connectivity index (χ1v) is 10.8. The average Bonchev–Trinajstić information content (AvgIpc) is 3.10. The molecule has 0 radical (unpaired) electrons. The van der Waals surface area contributed by atoms with Crippen molar-refractivity contribution >= 4 is 27.1 Å². The summed E-state index contributed by atoms with van der Waals surface area (Å²) in [5.41, 5.74) is 0.886. The second kappa shape index (κ2) is 8.68. The van der Waals surface area contributed by atoms with Gasteiger partial charge >= 0.3 is 0 Å². The van der Waals surface area contributed by atoms with Gasteiger partial charge in [-0.3, -0.25) is 9.78 Å². The van der Waals surface area contributed by atoms with Crippen LogP contribution in [0.2, 0.25) is 0 Å². The highest BCUT2D eigenvalue weighted by molar-refractivity contribution is 7.89. The molecule has 0 fully saturated rings. The van der Waals surface area contributed by atoms with Crippen LogP contribution in [0.4, 0.5) is 4.39 Å². The van der Waals surface area contributed by atoms with E-state index in [0.29, 0.717) is 24.1 Å². The molecule has 9 heteroatoms. The first kappa shape index (κ1) is 20.2. The summed E-state index contributed by atoms with van der Waals surface area (Å²) in [6.07, 6.45) is 4.14. The third-order valence-corrected chi connectivity index (χ3v) is 6.38. The van der Waals surface area contributed by atoms with Gasteiger partial charge in [-0.15, -0.1) is 11.3 Å². The normalized spacial score (nSPS) is 11.5. The van der Waals surface area contributed by atoms with Gasteiger partial charge in [-0.1, -0.05) is 18.2 Å². The van der Waals surface area contributed by atoms with Crippen LogP contribution in [-0.2, 0) is 23.0 Å². The zero-order chi connectivity index (χ0) is 20.1. The molecule has 0 atom stereocenters. The Balaban J connectivity index is 1.58. The van der Waals surface area contributed by atoms with Crippen LogP contribution < -0.4 is 4.72 Å². The van der Waals surface area contributed by atoms with Gasteiger partial charge in [-0.2, -0.15) is 0 Å². The average molecular weight is 420 g/mol. The minimum atomic E-state index is -3.98. The van der Waals surface area contributed by atoms with E-state index in [1.807, 2.05) is 6.92 Å². The van der Waals surface area contributed by atoms with Crippen molar-refractivity contribution in [3.63, 3.8) is 0 Å². The molecular formula is C19H18FN3O3S2. The van der Waals surface area contributed by atoms with Crippen molar-refractivity contribution < 1.29 is 17.6 Å². The number of ketones is 1. The van der Waals surface area contributed by atoms with E-state index in [9.17, 15) is 17.6 Å². The second-order valence-corrected chi connectivity index (χ2v) is 9.13. The molecule has 0 bridgehead atoms. The van der Waals surface area contributed by atoms with Gasteiger partial charge in [-0.25, -0.2) is 22.5 Å². The Hall–Kier alpha value is -2.49. The Labute approximate surface area is 166 Å². The summed E-state index contributed by atoms with van der Waals surface area (Å²) in [6.45, 7) is 1.86. The van der Waals surface area contributed by atoms with Crippen LogP contribution in [0.15, 0.2) is 53.7 Å². The number of nitrogens with zero attached hydrogens (tertiary/aromatic N) is 2. The van der Waals surface area contributed by atoms with Crippen LogP contribution in [-0.4, -0.2) is 24.2 Å². The number of carbonyl (C=O) groups excluding carboxylic acids is 1. The third kappa shape index (κ3) is 5.06. The van der Waals surface area contributed by atoms with Gasteiger partial charge in [0.05, 0.1) is 5.01 Å². The molecule has 0 saturated heterocycles. The zero-order valence-corrected chi connectivity index (χ0v) is 16.7. The predicted octanol–water partition coefficient (Wildman–Crippen LogP) is 3.28. The molecule has 146 valence electrons. The Kier molecular flexibility index (Phi) is 6.28. The molecule has 0 spiro atoms. The van der Waals surface area contributed by atoms with Crippen LogP contribution in [0.1, 0.15) is 32.4 Å². The molecule has 2 heterocycles. The van der Waals surface area contributed by atoms with Crippen molar-refractivity contribution in [1.82, 2.24) is 14.7 Å². The molecule has 0 saturated carbocycles. The molecule has 0 aliphatic carbocycles. The standard InChI is InChI=1S/C19H18FN3O3S2/c1-13-21-12-15(27-13)7-9-18(24)17-8-6-14(10-22-17)11-23-28(25,26)19-5-3-2-4-16(19)20/h2-6,8,10,12,23H,7,9,11H2,1H3. The summed E-state index contributed by atoms with van der Waals surface area (Å²) in [7, 11) is -3.98. The van der Waals surface area contributed by atoms with Crippen LogP contribution in [0.5, 0.6) is 0 Å². The van der Waals surface area contributed by atoms with Crippen molar-refractivity contribution in [1.29, 1.82) is 0 Å². The minimum Gasteiger partial charge on any atom is -0.292 e. The number of thiazole rings is 1. The molecule has 2 aromatic heterocycles. The van der Waals surface area contributed by atoms with E-state index in [0.717, 1.165) is 16.0 Å². The summed E-state index contributed by atoms with van der Waals surface area (Å²) in [5.74, 6) is -0.908. The smallest absolute Gasteiger partial charge is 0.243 e. The molecule has 6 nitrogen and oxygen atoms in total. The van der Waals surface area contributed by atoms with Crippen molar-refractivity contribution in [2.75, 3.05) is 0 Å². The van der Waals surface area contributed by atoms with E-state index < -0.39 is 20.7 Å². The maximum Gasteiger partial charge on any atom is 0.243 e. The SMILES string of the molecule is Cc1ncc(CCC(=O)c2ccc(CNS(=O)(=O)c3ccccc3F)cn2)s1. The van der Waals surface area contributed by atoms with Gasteiger partial charge in [0.25, 0.3) is 0 Å². The van der Waals surface area contributed by atoms with E-state index >= 15 is 0 Å². The minimum absolute atomic E-state index is 0.0573. The summed E-state index contributed by atoms with van der Waals surface area (Å²) >= 11 is 1.56. The monoisotopic (exact) mass is 419 g/mol. The Morgan fingerprint density at radius 3 is 2.57 bits per heavy atom. The number of benzene rings is 1. The highest BCUT2D eigenvalue weighted by Crippen LogP contribution is 2.16. The first-order chi connectivity index (χ1) is 13.3. The number of nitrogens with one attached hydrogen (secondary N) is 1. The summed E-state index contributed by atoms with van der Waals surface area (Å²) < 4.78 is 40.4. The lowest BCUT2D eigenvalue weighted by molar-refractivity contribution is 0.0978. The lowest BCUT2D eigenvalue weighted by atomic mass is 10.1. The number of aromatic nitrogens is 2. The van der Waals surface area contributed by atoms with Gasteiger partial charge in [-0.05, 0) is 37.1 Å². The number of carbonyl (C=O) groups is 1. The van der Waals surface area contributed by atoms with Crippen molar-refractivity contribution in [3.05, 3.63) is 75.8 Å². The van der Waals surface area contributed by atoms with Gasteiger partial charge in [0.2, 0.25) is 10.0 Å². The van der Waals surface area contributed by atoms with Crippen LogP contribution >= 0.6 is 11.3 Å². The topological polar surface area (TPSA) is 89.0 Å². The van der Waals surface area contributed by atoms with E-state index in [-0.39, 0.29) is 12.3 Å². The molecule has 3 rings (SSSR count). The molecule has 28 heavy (non-hydrogen) atoms.